The number of carbonyl (C=O) groups excluding carboxylic acids is 1. The molecule has 2 nitrogen and oxygen atoms in total. The van der Waals surface area contributed by atoms with Gasteiger partial charge < -0.3 is 5.11 Å². The molecular weight excluding hydrogens is 326 g/mol. The van der Waals surface area contributed by atoms with E-state index in [1.165, 1.54) is 12.1 Å². The van der Waals surface area contributed by atoms with Gasteiger partial charge in [0, 0.05) is 4.47 Å². The number of benzene rings is 1. The summed E-state index contributed by atoms with van der Waals surface area (Å²) < 4.78 is 0.305. The maximum Gasteiger partial charge on any atom is 0.210 e. The number of carbonyl (C=O) groups is 1. The largest absolute Gasteiger partial charge is 0.507 e. The van der Waals surface area contributed by atoms with Crippen molar-refractivity contribution in [2.24, 2.45) is 0 Å². The number of halogens is 4. The van der Waals surface area contributed by atoms with Crippen molar-refractivity contribution in [3.05, 3.63) is 37.8 Å². The second kappa shape index (κ2) is 5.21. The minimum atomic E-state index is -0.629. The van der Waals surface area contributed by atoms with Crippen molar-refractivity contribution in [1.29, 1.82) is 0 Å². The minimum Gasteiger partial charge on any atom is -0.507 e. The molecule has 0 fully saturated rings. The Bertz CT molecular complexity index is 439. The Morgan fingerprint density at radius 1 is 1.27 bits per heavy atom. The lowest BCUT2D eigenvalue weighted by Gasteiger charge is -2.03. The fraction of sp³-hybridized carbons (Fsp3) is 0. The monoisotopic (exact) mass is 328 g/mol. The number of phenols is 1. The third-order valence-corrected chi connectivity index (χ3v) is 2.99. The second-order valence-electron chi connectivity index (χ2n) is 2.56. The fourth-order valence-corrected chi connectivity index (χ4v) is 1.53. The molecule has 0 atom stereocenters. The van der Waals surface area contributed by atoms with Crippen LogP contribution in [-0.4, -0.2) is 10.9 Å². The predicted octanol–water partition coefficient (Wildman–Crippen LogP) is 4.22. The third kappa shape index (κ3) is 3.11. The highest BCUT2D eigenvalue weighted by atomic mass is 79.9. The van der Waals surface area contributed by atoms with Crippen molar-refractivity contribution < 1.29 is 9.90 Å². The molecule has 0 aliphatic carbocycles. The second-order valence-corrected chi connectivity index (χ2v) is 4.81. The van der Waals surface area contributed by atoms with Gasteiger partial charge in [0.15, 0.2) is 0 Å². The van der Waals surface area contributed by atoms with E-state index in [0.29, 0.717) is 4.47 Å². The SMILES string of the molecule is O=C(C(Cl)=C(Cl)Cl)c1cc(Br)ccc1O. The molecule has 1 N–H and O–H groups in total. The first-order chi connectivity index (χ1) is 6.93. The van der Waals surface area contributed by atoms with Crippen LogP contribution < -0.4 is 0 Å². The van der Waals surface area contributed by atoms with Crippen molar-refractivity contribution in [1.82, 2.24) is 0 Å². The summed E-state index contributed by atoms with van der Waals surface area (Å²) in [7, 11) is 0. The summed E-state index contributed by atoms with van der Waals surface area (Å²) in [6.45, 7) is 0. The van der Waals surface area contributed by atoms with Crippen LogP contribution in [-0.2, 0) is 0 Å². The van der Waals surface area contributed by atoms with Gasteiger partial charge >= 0.3 is 0 Å². The Hall–Kier alpha value is -0.220. The van der Waals surface area contributed by atoms with E-state index in [9.17, 15) is 9.90 Å². The quantitative estimate of drug-likeness (QED) is 0.651. The summed E-state index contributed by atoms with van der Waals surface area (Å²) in [5, 5.41) is 9.10. The van der Waals surface area contributed by atoms with E-state index in [0.717, 1.165) is 0 Å². The van der Waals surface area contributed by atoms with Gasteiger partial charge in [-0.05, 0) is 18.2 Å². The molecule has 80 valence electrons. The van der Waals surface area contributed by atoms with E-state index in [-0.39, 0.29) is 20.8 Å². The molecule has 0 spiro atoms. The van der Waals surface area contributed by atoms with Crippen molar-refractivity contribution in [3.63, 3.8) is 0 Å². The Morgan fingerprint density at radius 3 is 2.40 bits per heavy atom. The molecule has 15 heavy (non-hydrogen) atoms. The highest BCUT2D eigenvalue weighted by Gasteiger charge is 2.17. The molecule has 0 aromatic heterocycles. The van der Waals surface area contributed by atoms with E-state index >= 15 is 0 Å². The van der Waals surface area contributed by atoms with Crippen LogP contribution >= 0.6 is 50.7 Å². The van der Waals surface area contributed by atoms with Gasteiger partial charge in [-0.15, -0.1) is 0 Å². The summed E-state index contributed by atoms with van der Waals surface area (Å²) in [6, 6.07) is 4.38. The van der Waals surface area contributed by atoms with Gasteiger partial charge in [-0.3, -0.25) is 4.79 Å². The molecule has 0 saturated heterocycles. The molecule has 0 aliphatic heterocycles. The number of hydrogen-bond donors (Lipinski definition) is 1. The van der Waals surface area contributed by atoms with Gasteiger partial charge in [-0.2, -0.15) is 0 Å². The Morgan fingerprint density at radius 2 is 1.87 bits per heavy atom. The normalized spacial score (nSPS) is 9.87. The van der Waals surface area contributed by atoms with Crippen molar-refractivity contribution in [3.8, 4) is 5.75 Å². The molecule has 0 bridgehead atoms. The van der Waals surface area contributed by atoms with E-state index in [1.807, 2.05) is 0 Å². The molecule has 1 aromatic rings. The number of phenolic OH excluding ortho intramolecular Hbond substituents is 1. The first-order valence-electron chi connectivity index (χ1n) is 3.67. The van der Waals surface area contributed by atoms with E-state index < -0.39 is 5.78 Å². The summed E-state index contributed by atoms with van der Waals surface area (Å²) in [5.41, 5.74) is 0.0353. The van der Waals surface area contributed by atoms with Crippen LogP contribution in [0.4, 0.5) is 0 Å². The van der Waals surface area contributed by atoms with Crippen LogP contribution in [0.25, 0.3) is 0 Å². The maximum atomic E-state index is 11.6. The van der Waals surface area contributed by atoms with Crippen LogP contribution in [0.5, 0.6) is 5.75 Å². The fourth-order valence-electron chi connectivity index (χ4n) is 0.894. The molecular formula is C9H4BrCl3O2. The lowest BCUT2D eigenvalue weighted by Crippen LogP contribution is -2.00. The summed E-state index contributed by atoms with van der Waals surface area (Å²) in [5.74, 6) is -0.814. The van der Waals surface area contributed by atoms with Crippen molar-refractivity contribution >= 4 is 56.5 Å². The Kier molecular flexibility index (Phi) is 4.46. The molecule has 1 aromatic carbocycles. The van der Waals surface area contributed by atoms with E-state index in [4.69, 9.17) is 34.8 Å². The summed E-state index contributed by atoms with van der Waals surface area (Å²) in [6.07, 6.45) is 0. The lowest BCUT2D eigenvalue weighted by molar-refractivity contribution is 0.103. The molecule has 0 radical (unpaired) electrons. The smallest absolute Gasteiger partial charge is 0.210 e. The van der Waals surface area contributed by atoms with Crippen molar-refractivity contribution in [2.75, 3.05) is 0 Å². The zero-order valence-corrected chi connectivity index (χ0v) is 11.0. The minimum absolute atomic E-state index is 0.0353. The van der Waals surface area contributed by atoms with Gasteiger partial charge in [0.05, 0.1) is 5.56 Å². The van der Waals surface area contributed by atoms with Gasteiger partial charge in [0.25, 0.3) is 0 Å². The number of rotatable bonds is 2. The Balaban J connectivity index is 3.23. The van der Waals surface area contributed by atoms with Crippen LogP contribution in [0.3, 0.4) is 0 Å². The molecule has 0 aliphatic rings. The van der Waals surface area contributed by atoms with Gasteiger partial charge in [0.1, 0.15) is 15.3 Å². The maximum absolute atomic E-state index is 11.6. The van der Waals surface area contributed by atoms with Crippen LogP contribution in [0.1, 0.15) is 10.4 Å². The molecule has 0 saturated carbocycles. The molecule has 0 amide bonds. The average Bonchev–Trinajstić information content (AvgIpc) is 2.19. The Labute approximate surface area is 110 Å². The highest BCUT2D eigenvalue weighted by molar-refractivity contribution is 9.10. The van der Waals surface area contributed by atoms with Crippen LogP contribution in [0, 0.1) is 0 Å². The van der Waals surface area contributed by atoms with Gasteiger partial charge in [-0.25, -0.2) is 0 Å². The molecule has 0 unspecified atom stereocenters. The van der Waals surface area contributed by atoms with E-state index in [1.54, 1.807) is 6.07 Å². The van der Waals surface area contributed by atoms with Crippen LogP contribution in [0.2, 0.25) is 0 Å². The van der Waals surface area contributed by atoms with Gasteiger partial charge in [-0.1, -0.05) is 50.7 Å². The molecule has 6 heteroatoms. The van der Waals surface area contributed by atoms with E-state index in [2.05, 4.69) is 15.9 Å². The first-order valence-corrected chi connectivity index (χ1v) is 5.60. The zero-order chi connectivity index (χ0) is 11.6. The number of ketones is 1. The highest BCUT2D eigenvalue weighted by Crippen LogP contribution is 2.28. The molecule has 1 rings (SSSR count). The van der Waals surface area contributed by atoms with Crippen molar-refractivity contribution in [2.45, 2.75) is 0 Å². The lowest BCUT2D eigenvalue weighted by atomic mass is 10.1. The molecule has 0 heterocycles. The average molecular weight is 330 g/mol. The zero-order valence-electron chi connectivity index (χ0n) is 7.10. The number of Topliss-reactive ketones (excluding diaryl/α,β-unsaturated/α-hetero) is 1. The standard InChI is InChI=1S/C9H4BrCl3O2/c10-4-1-2-6(14)5(3-4)8(15)7(11)9(12)13/h1-3,14H. The first kappa shape index (κ1) is 12.8. The summed E-state index contributed by atoms with van der Waals surface area (Å²) >= 11 is 19.5. The van der Waals surface area contributed by atoms with Crippen LogP contribution in [0.15, 0.2) is 32.2 Å². The predicted molar refractivity (Wildman–Crippen MR) is 64.7 cm³/mol. The number of aromatic hydroxyl groups is 1. The number of allylic oxidation sites excluding steroid dienone is 1. The van der Waals surface area contributed by atoms with Gasteiger partial charge in [0.2, 0.25) is 5.78 Å². The number of hydrogen-bond acceptors (Lipinski definition) is 2. The summed E-state index contributed by atoms with van der Waals surface area (Å²) in [4.78, 5) is 11.6. The third-order valence-electron chi connectivity index (χ3n) is 1.57. The topological polar surface area (TPSA) is 37.3 Å².